The smallest absolute Gasteiger partial charge is 0.330 e. The van der Waals surface area contributed by atoms with Crippen molar-refractivity contribution in [3.8, 4) is 17.6 Å². The number of ether oxygens (including phenoxy) is 3. The van der Waals surface area contributed by atoms with E-state index in [0.29, 0.717) is 17.1 Å². The summed E-state index contributed by atoms with van der Waals surface area (Å²) >= 11 is 5.50. The number of halogens is 1. The molecular formula is C25H24ClNO5. The maximum atomic E-state index is 12.8. The Morgan fingerprint density at radius 1 is 1.16 bits per heavy atom. The molecule has 6 nitrogen and oxygen atoms in total. The quantitative estimate of drug-likeness (QED) is 0.295. The topological polar surface area (TPSA) is 85.6 Å². The van der Waals surface area contributed by atoms with Crippen molar-refractivity contribution in [2.45, 2.75) is 20.0 Å². The average Bonchev–Trinajstić information content (AvgIpc) is 3.35. The van der Waals surface area contributed by atoms with Gasteiger partial charge < -0.3 is 14.2 Å². The highest BCUT2D eigenvalue weighted by molar-refractivity contribution is 6.18. The van der Waals surface area contributed by atoms with E-state index in [2.05, 4.69) is 0 Å². The summed E-state index contributed by atoms with van der Waals surface area (Å²) in [7, 11) is 0. The molecule has 7 heteroatoms. The van der Waals surface area contributed by atoms with Gasteiger partial charge in [0.2, 0.25) is 6.10 Å². The molecule has 2 aromatic rings. The van der Waals surface area contributed by atoms with Crippen molar-refractivity contribution in [2.75, 3.05) is 12.5 Å². The van der Waals surface area contributed by atoms with Crippen molar-refractivity contribution in [1.82, 2.24) is 0 Å². The first-order valence-corrected chi connectivity index (χ1v) is 10.7. The zero-order valence-corrected chi connectivity index (χ0v) is 18.6. The Morgan fingerprint density at radius 2 is 1.88 bits per heavy atom. The Hall–Kier alpha value is -3.30. The fourth-order valence-corrected chi connectivity index (χ4v) is 3.66. The summed E-state index contributed by atoms with van der Waals surface area (Å²) in [6, 6.07) is 18.2. The lowest BCUT2D eigenvalue weighted by molar-refractivity contribution is -0.149. The molecule has 0 saturated heterocycles. The lowest BCUT2D eigenvalue weighted by atomic mass is 10.1. The lowest BCUT2D eigenvalue weighted by Gasteiger charge is -2.13. The monoisotopic (exact) mass is 453 g/mol. The minimum absolute atomic E-state index is 0.126. The molecule has 3 rings (SSSR count). The van der Waals surface area contributed by atoms with Gasteiger partial charge in [0.05, 0.1) is 11.8 Å². The fraction of sp³-hybridized carbons (Fsp3) is 0.320. The molecule has 1 fully saturated rings. The van der Waals surface area contributed by atoms with Crippen LogP contribution in [-0.4, -0.2) is 24.4 Å². The molecule has 2 aromatic carbocycles. The van der Waals surface area contributed by atoms with E-state index >= 15 is 0 Å². The molecular weight excluding hydrogens is 430 g/mol. The van der Waals surface area contributed by atoms with E-state index in [1.165, 1.54) is 6.08 Å². The van der Waals surface area contributed by atoms with Crippen LogP contribution < -0.4 is 4.74 Å². The van der Waals surface area contributed by atoms with Crippen molar-refractivity contribution >= 4 is 23.5 Å². The number of esters is 2. The molecule has 32 heavy (non-hydrogen) atoms. The van der Waals surface area contributed by atoms with Crippen LogP contribution in [0.5, 0.6) is 11.5 Å². The summed E-state index contributed by atoms with van der Waals surface area (Å²) in [6.45, 7) is 3.95. The van der Waals surface area contributed by atoms with Crippen LogP contribution in [0.25, 0.3) is 0 Å². The standard InChI is InChI=1S/C25H24ClNO5/c1-25(2)20(11-12-22(28)30-14-13-26)23(25)24(29)32-21(16-27)17-7-6-10-19(15-17)31-18-8-4-3-5-9-18/h3-12,15,20-21,23H,13-14H2,1-2H3/b12-11-/t20-,21+,23-/m0/s1. The third kappa shape index (κ3) is 5.68. The second kappa shape index (κ2) is 10.3. The highest BCUT2D eigenvalue weighted by Gasteiger charge is 2.61. The van der Waals surface area contributed by atoms with Gasteiger partial charge in [0.25, 0.3) is 0 Å². The predicted octanol–water partition coefficient (Wildman–Crippen LogP) is 5.20. The van der Waals surface area contributed by atoms with Gasteiger partial charge in [-0.05, 0) is 35.6 Å². The number of para-hydroxylation sites is 1. The molecule has 0 N–H and O–H groups in total. The SMILES string of the molecule is CC1(C)[C@H](C(=O)O[C@H](C#N)c2cccc(Oc3ccccc3)c2)[C@@H]1/C=C\C(=O)OCCCl. The molecule has 0 radical (unpaired) electrons. The third-order valence-corrected chi connectivity index (χ3v) is 5.57. The van der Waals surface area contributed by atoms with E-state index in [1.807, 2.05) is 50.2 Å². The first kappa shape index (κ1) is 23.4. The first-order valence-electron chi connectivity index (χ1n) is 10.2. The number of benzene rings is 2. The van der Waals surface area contributed by atoms with E-state index in [4.69, 9.17) is 25.8 Å². The Bertz CT molecular complexity index is 1030. The second-order valence-corrected chi connectivity index (χ2v) is 8.35. The van der Waals surface area contributed by atoms with Crippen LogP contribution in [0.2, 0.25) is 0 Å². The maximum absolute atomic E-state index is 12.8. The Kier molecular flexibility index (Phi) is 7.55. The van der Waals surface area contributed by atoms with Crippen molar-refractivity contribution in [3.63, 3.8) is 0 Å². The van der Waals surface area contributed by atoms with Crippen molar-refractivity contribution < 1.29 is 23.8 Å². The van der Waals surface area contributed by atoms with Crippen LogP contribution in [0.3, 0.4) is 0 Å². The van der Waals surface area contributed by atoms with Gasteiger partial charge in [-0.3, -0.25) is 4.79 Å². The van der Waals surface area contributed by atoms with Crippen LogP contribution in [0.4, 0.5) is 0 Å². The molecule has 1 aliphatic rings. The largest absolute Gasteiger partial charge is 0.461 e. The summed E-state index contributed by atoms with van der Waals surface area (Å²) in [5, 5.41) is 9.61. The van der Waals surface area contributed by atoms with Gasteiger partial charge >= 0.3 is 11.9 Å². The highest BCUT2D eigenvalue weighted by atomic mass is 35.5. The predicted molar refractivity (Wildman–Crippen MR) is 119 cm³/mol. The van der Waals surface area contributed by atoms with Crippen LogP contribution in [0, 0.1) is 28.6 Å². The number of carbonyl (C=O) groups is 2. The molecule has 1 saturated carbocycles. The Labute approximate surface area is 192 Å². The Balaban J connectivity index is 1.65. The summed E-state index contributed by atoms with van der Waals surface area (Å²) in [5.41, 5.74) is 0.128. The molecule has 0 aliphatic heterocycles. The number of hydrogen-bond acceptors (Lipinski definition) is 6. The number of alkyl halides is 1. The lowest BCUT2D eigenvalue weighted by Crippen LogP contribution is -2.14. The van der Waals surface area contributed by atoms with Gasteiger partial charge in [0, 0.05) is 11.6 Å². The van der Waals surface area contributed by atoms with Crippen molar-refractivity contribution in [3.05, 3.63) is 72.3 Å². The normalized spacial score (nSPS) is 19.6. The van der Waals surface area contributed by atoms with E-state index in [1.54, 1.807) is 30.3 Å². The number of hydrogen-bond donors (Lipinski definition) is 0. The summed E-state index contributed by atoms with van der Waals surface area (Å²) < 4.78 is 16.2. The summed E-state index contributed by atoms with van der Waals surface area (Å²) in [5.74, 6) is -0.228. The minimum atomic E-state index is -1.07. The molecule has 166 valence electrons. The van der Waals surface area contributed by atoms with Gasteiger partial charge in [-0.1, -0.05) is 50.3 Å². The van der Waals surface area contributed by atoms with E-state index in [0.717, 1.165) is 0 Å². The molecule has 0 spiro atoms. The van der Waals surface area contributed by atoms with Gasteiger partial charge in [0.1, 0.15) is 24.2 Å². The van der Waals surface area contributed by atoms with Crippen LogP contribution >= 0.6 is 11.6 Å². The second-order valence-electron chi connectivity index (χ2n) is 7.97. The van der Waals surface area contributed by atoms with Gasteiger partial charge in [-0.25, -0.2) is 4.79 Å². The van der Waals surface area contributed by atoms with Crippen LogP contribution in [0.15, 0.2) is 66.7 Å². The molecule has 0 aromatic heterocycles. The molecule has 1 aliphatic carbocycles. The van der Waals surface area contributed by atoms with Crippen molar-refractivity contribution in [2.24, 2.45) is 17.3 Å². The van der Waals surface area contributed by atoms with Gasteiger partial charge in [-0.15, -0.1) is 11.6 Å². The Morgan fingerprint density at radius 3 is 2.56 bits per heavy atom. The molecule has 0 unspecified atom stereocenters. The maximum Gasteiger partial charge on any atom is 0.330 e. The average molecular weight is 454 g/mol. The van der Waals surface area contributed by atoms with Gasteiger partial charge in [0.15, 0.2) is 0 Å². The zero-order valence-electron chi connectivity index (χ0n) is 17.9. The highest BCUT2D eigenvalue weighted by Crippen LogP contribution is 2.59. The number of rotatable bonds is 9. The van der Waals surface area contributed by atoms with Crippen LogP contribution in [0.1, 0.15) is 25.5 Å². The number of nitriles is 1. The van der Waals surface area contributed by atoms with Gasteiger partial charge in [-0.2, -0.15) is 5.26 Å². The molecule has 0 bridgehead atoms. The number of carbonyl (C=O) groups excluding carboxylic acids is 2. The van der Waals surface area contributed by atoms with Crippen molar-refractivity contribution in [1.29, 1.82) is 5.26 Å². The third-order valence-electron chi connectivity index (χ3n) is 5.42. The molecule has 0 amide bonds. The van der Waals surface area contributed by atoms with E-state index in [9.17, 15) is 14.9 Å². The fourth-order valence-electron chi connectivity index (χ4n) is 3.58. The molecule has 3 atom stereocenters. The summed E-state index contributed by atoms with van der Waals surface area (Å²) in [4.78, 5) is 24.4. The zero-order chi connectivity index (χ0) is 23.1. The number of allylic oxidation sites excluding steroid dienone is 1. The molecule has 0 heterocycles. The number of nitrogens with zero attached hydrogens (tertiary/aromatic N) is 1. The summed E-state index contributed by atoms with van der Waals surface area (Å²) in [6.07, 6.45) is 1.88. The first-order chi connectivity index (χ1) is 15.4. The van der Waals surface area contributed by atoms with E-state index in [-0.39, 0.29) is 18.4 Å². The van der Waals surface area contributed by atoms with E-state index < -0.39 is 29.4 Å². The minimum Gasteiger partial charge on any atom is -0.461 e. The van der Waals surface area contributed by atoms with Crippen LogP contribution in [-0.2, 0) is 19.1 Å².